The Morgan fingerprint density at radius 1 is 1.05 bits per heavy atom. The smallest absolute Gasteiger partial charge is 0.200 e. The summed E-state index contributed by atoms with van der Waals surface area (Å²) in [6, 6.07) is 13.1. The van der Waals surface area contributed by atoms with Gasteiger partial charge in [0.1, 0.15) is 5.75 Å². The number of hydrogen-bond acceptors (Lipinski definition) is 2. The van der Waals surface area contributed by atoms with E-state index in [1.54, 1.807) is 12.1 Å². The molecule has 4 heteroatoms. The fourth-order valence-electron chi connectivity index (χ4n) is 1.96. The zero-order valence-corrected chi connectivity index (χ0v) is 15.1. The second kappa shape index (κ2) is 7.23. The van der Waals surface area contributed by atoms with Gasteiger partial charge in [-0.05, 0) is 41.8 Å². The van der Waals surface area contributed by atoms with Crippen LogP contribution in [0.5, 0.6) is 5.75 Å². The molecule has 0 radical (unpaired) electrons. The number of carbonyl (C=O) groups is 1. The van der Waals surface area contributed by atoms with Crippen molar-refractivity contribution in [1.29, 1.82) is 0 Å². The molecule has 0 fully saturated rings. The van der Waals surface area contributed by atoms with Crippen LogP contribution in [0.4, 0.5) is 0 Å². The molecule has 0 atom stereocenters. The van der Waals surface area contributed by atoms with Crippen LogP contribution in [-0.2, 0) is 0 Å². The summed E-state index contributed by atoms with van der Waals surface area (Å²) in [5.74, 6) is 1.07. The highest BCUT2D eigenvalue weighted by Crippen LogP contribution is 2.29. The molecule has 110 valence electrons. The number of Topliss-reactive ketones (excluding diaryl/α,β-unsaturated/α-hetero) is 1. The minimum absolute atomic E-state index is 0.0277. The Bertz CT molecular complexity index is 634. The third kappa shape index (κ3) is 4.42. The van der Waals surface area contributed by atoms with Crippen LogP contribution < -0.4 is 4.74 Å². The highest BCUT2D eigenvalue weighted by molar-refractivity contribution is 9.10. The molecule has 0 bridgehead atoms. The molecule has 0 aliphatic rings. The van der Waals surface area contributed by atoms with Gasteiger partial charge >= 0.3 is 0 Å². The van der Waals surface area contributed by atoms with Gasteiger partial charge in [-0.2, -0.15) is 0 Å². The average molecular weight is 412 g/mol. The van der Waals surface area contributed by atoms with E-state index in [1.807, 2.05) is 30.3 Å². The fourth-order valence-corrected chi connectivity index (χ4v) is 2.61. The number of carbonyl (C=O) groups excluding carboxylic acids is 1. The maximum absolute atomic E-state index is 12.1. The summed E-state index contributed by atoms with van der Waals surface area (Å²) in [5.41, 5.74) is 1.74. The Morgan fingerprint density at radius 3 is 2.29 bits per heavy atom. The largest absolute Gasteiger partial charge is 0.485 e. The Hall–Kier alpha value is -1.13. The second-order valence-corrected chi connectivity index (χ2v) is 6.89. The lowest BCUT2D eigenvalue weighted by Crippen LogP contribution is -2.12. The second-order valence-electron chi connectivity index (χ2n) is 5.06. The highest BCUT2D eigenvalue weighted by atomic mass is 79.9. The molecule has 0 spiro atoms. The van der Waals surface area contributed by atoms with Crippen LogP contribution in [0.25, 0.3) is 0 Å². The molecule has 21 heavy (non-hydrogen) atoms. The Labute approximate surface area is 141 Å². The molecule has 0 heterocycles. The van der Waals surface area contributed by atoms with Gasteiger partial charge in [-0.1, -0.05) is 57.8 Å². The van der Waals surface area contributed by atoms with E-state index < -0.39 is 0 Å². The number of ether oxygens (including phenoxy) is 1. The van der Waals surface area contributed by atoms with E-state index in [-0.39, 0.29) is 12.4 Å². The Morgan fingerprint density at radius 2 is 1.67 bits per heavy atom. The minimum atomic E-state index is -0.0277. The van der Waals surface area contributed by atoms with Gasteiger partial charge in [-0.3, -0.25) is 4.79 Å². The standard InChI is InChI=1S/C17H16Br2O2/c1-11(2)15-9-14(19)7-8-17(15)21-10-16(20)12-3-5-13(18)6-4-12/h3-9,11H,10H2,1-2H3. The summed E-state index contributed by atoms with van der Waals surface area (Å²) < 4.78 is 7.68. The summed E-state index contributed by atoms with van der Waals surface area (Å²) in [6.07, 6.45) is 0. The van der Waals surface area contributed by atoms with Gasteiger partial charge in [0.2, 0.25) is 0 Å². The normalized spacial score (nSPS) is 10.7. The Kier molecular flexibility index (Phi) is 5.59. The van der Waals surface area contributed by atoms with Gasteiger partial charge in [0.15, 0.2) is 12.4 Å². The van der Waals surface area contributed by atoms with E-state index in [4.69, 9.17) is 4.74 Å². The third-order valence-electron chi connectivity index (χ3n) is 3.12. The van der Waals surface area contributed by atoms with Crippen molar-refractivity contribution in [3.63, 3.8) is 0 Å². The molecule has 2 nitrogen and oxygen atoms in total. The molecule has 0 saturated heterocycles. The lowest BCUT2D eigenvalue weighted by molar-refractivity contribution is 0.0920. The van der Waals surface area contributed by atoms with Crippen LogP contribution in [0, 0.1) is 0 Å². The van der Waals surface area contributed by atoms with Crippen molar-refractivity contribution in [1.82, 2.24) is 0 Å². The third-order valence-corrected chi connectivity index (χ3v) is 4.14. The van der Waals surface area contributed by atoms with Crippen LogP contribution in [-0.4, -0.2) is 12.4 Å². The molecule has 2 aromatic carbocycles. The average Bonchev–Trinajstić information content (AvgIpc) is 2.46. The van der Waals surface area contributed by atoms with E-state index in [1.165, 1.54) is 0 Å². The van der Waals surface area contributed by atoms with Gasteiger partial charge in [0.05, 0.1) is 0 Å². The summed E-state index contributed by atoms with van der Waals surface area (Å²) in [5, 5.41) is 0. The van der Waals surface area contributed by atoms with E-state index in [9.17, 15) is 4.79 Å². The van der Waals surface area contributed by atoms with Crippen LogP contribution in [0.3, 0.4) is 0 Å². The van der Waals surface area contributed by atoms with Gasteiger partial charge in [-0.25, -0.2) is 0 Å². The van der Waals surface area contributed by atoms with Crippen molar-refractivity contribution in [3.8, 4) is 5.75 Å². The maximum atomic E-state index is 12.1. The van der Waals surface area contributed by atoms with E-state index >= 15 is 0 Å². The molecule has 0 N–H and O–H groups in total. The zero-order chi connectivity index (χ0) is 15.4. The molecule has 0 aliphatic heterocycles. The highest BCUT2D eigenvalue weighted by Gasteiger charge is 2.11. The summed E-state index contributed by atoms with van der Waals surface area (Å²) in [4.78, 5) is 12.1. The van der Waals surface area contributed by atoms with Gasteiger partial charge in [0.25, 0.3) is 0 Å². The van der Waals surface area contributed by atoms with E-state index in [0.717, 1.165) is 20.3 Å². The van der Waals surface area contributed by atoms with E-state index in [0.29, 0.717) is 11.5 Å². The quantitative estimate of drug-likeness (QED) is 0.598. The number of hydrogen-bond donors (Lipinski definition) is 0. The molecular formula is C17H16Br2O2. The predicted molar refractivity (Wildman–Crippen MR) is 92.2 cm³/mol. The first-order chi connectivity index (χ1) is 9.97. The van der Waals surface area contributed by atoms with Crippen molar-refractivity contribution in [2.45, 2.75) is 19.8 Å². The maximum Gasteiger partial charge on any atom is 0.200 e. The van der Waals surface area contributed by atoms with Gasteiger partial charge in [-0.15, -0.1) is 0 Å². The van der Waals surface area contributed by atoms with Gasteiger partial charge in [0, 0.05) is 14.5 Å². The fraction of sp³-hybridized carbons (Fsp3) is 0.235. The van der Waals surface area contributed by atoms with Gasteiger partial charge < -0.3 is 4.74 Å². The van der Waals surface area contributed by atoms with E-state index in [2.05, 4.69) is 45.7 Å². The Balaban J connectivity index is 2.09. The molecule has 0 amide bonds. The number of rotatable bonds is 5. The van der Waals surface area contributed by atoms with Crippen LogP contribution in [0.15, 0.2) is 51.4 Å². The van der Waals surface area contributed by atoms with Crippen molar-refractivity contribution in [2.24, 2.45) is 0 Å². The van der Waals surface area contributed by atoms with Crippen molar-refractivity contribution >= 4 is 37.6 Å². The molecular weight excluding hydrogens is 396 g/mol. The first-order valence-corrected chi connectivity index (χ1v) is 8.27. The molecule has 0 aliphatic carbocycles. The van der Waals surface area contributed by atoms with Crippen LogP contribution in [0.2, 0.25) is 0 Å². The van der Waals surface area contributed by atoms with Crippen molar-refractivity contribution in [3.05, 3.63) is 62.5 Å². The molecule has 2 rings (SSSR count). The monoisotopic (exact) mass is 410 g/mol. The molecule has 0 unspecified atom stereocenters. The topological polar surface area (TPSA) is 26.3 Å². The number of halogens is 2. The lowest BCUT2D eigenvalue weighted by atomic mass is 10.0. The molecule has 0 aromatic heterocycles. The molecule has 2 aromatic rings. The van der Waals surface area contributed by atoms with Crippen molar-refractivity contribution < 1.29 is 9.53 Å². The summed E-state index contributed by atoms with van der Waals surface area (Å²) >= 11 is 6.82. The van der Waals surface area contributed by atoms with Crippen LogP contribution >= 0.6 is 31.9 Å². The summed E-state index contributed by atoms with van der Waals surface area (Å²) in [7, 11) is 0. The van der Waals surface area contributed by atoms with Crippen molar-refractivity contribution in [2.75, 3.05) is 6.61 Å². The summed E-state index contributed by atoms with van der Waals surface area (Å²) in [6.45, 7) is 4.25. The lowest BCUT2D eigenvalue weighted by Gasteiger charge is -2.14. The zero-order valence-electron chi connectivity index (χ0n) is 11.9. The first kappa shape index (κ1) is 16.2. The first-order valence-electron chi connectivity index (χ1n) is 6.68. The number of ketones is 1. The predicted octanol–water partition coefficient (Wildman–Crippen LogP) is 5.60. The minimum Gasteiger partial charge on any atom is -0.485 e. The SMILES string of the molecule is CC(C)c1cc(Br)ccc1OCC(=O)c1ccc(Br)cc1. The van der Waals surface area contributed by atoms with Crippen LogP contribution in [0.1, 0.15) is 35.7 Å². The number of benzene rings is 2. The molecule has 0 saturated carbocycles.